The minimum Gasteiger partial charge on any atom is -0.454 e. The monoisotopic (exact) mass is 407 g/mol. The van der Waals surface area contributed by atoms with Gasteiger partial charge in [-0.1, -0.05) is 30.3 Å². The van der Waals surface area contributed by atoms with Crippen LogP contribution in [0.5, 0.6) is 11.5 Å². The van der Waals surface area contributed by atoms with E-state index in [0.717, 1.165) is 55.8 Å². The second kappa shape index (κ2) is 8.14. The van der Waals surface area contributed by atoms with Gasteiger partial charge in [0.05, 0.1) is 5.69 Å². The smallest absolute Gasteiger partial charge is 0.231 e. The van der Waals surface area contributed by atoms with Crippen molar-refractivity contribution in [2.75, 3.05) is 33.0 Å². The fraction of sp³-hybridized carbons (Fsp3) is 0.348. The zero-order chi connectivity index (χ0) is 19.6. The van der Waals surface area contributed by atoms with E-state index < -0.39 is 0 Å². The summed E-state index contributed by atoms with van der Waals surface area (Å²) in [5.41, 5.74) is 4.99. The fourth-order valence-electron chi connectivity index (χ4n) is 3.95. The zero-order valence-corrected chi connectivity index (χ0v) is 17.5. The van der Waals surface area contributed by atoms with Gasteiger partial charge in [-0.3, -0.25) is 9.80 Å². The van der Waals surface area contributed by atoms with Crippen LogP contribution in [0, 0.1) is 6.92 Å². The molecule has 0 amide bonds. The molecule has 0 atom stereocenters. The van der Waals surface area contributed by atoms with Gasteiger partial charge in [-0.15, -0.1) is 11.3 Å². The van der Waals surface area contributed by atoms with Crippen molar-refractivity contribution in [2.45, 2.75) is 20.0 Å². The number of aryl methyl sites for hydroxylation is 1. The van der Waals surface area contributed by atoms with E-state index in [2.05, 4.69) is 58.5 Å². The fourth-order valence-corrected chi connectivity index (χ4v) is 4.85. The summed E-state index contributed by atoms with van der Waals surface area (Å²) in [6.45, 7) is 8.66. The number of hydrogen-bond donors (Lipinski definition) is 0. The molecule has 3 heterocycles. The van der Waals surface area contributed by atoms with Gasteiger partial charge in [0.1, 0.15) is 5.01 Å². The summed E-state index contributed by atoms with van der Waals surface area (Å²) in [5.74, 6) is 1.72. The maximum absolute atomic E-state index is 5.50. The predicted molar refractivity (Wildman–Crippen MR) is 115 cm³/mol. The van der Waals surface area contributed by atoms with Gasteiger partial charge in [-0.25, -0.2) is 4.98 Å². The third kappa shape index (κ3) is 4.15. The Bertz CT molecular complexity index is 995. The maximum atomic E-state index is 5.50. The van der Waals surface area contributed by atoms with Gasteiger partial charge in [0.25, 0.3) is 0 Å². The summed E-state index contributed by atoms with van der Waals surface area (Å²) in [6.07, 6.45) is 0. The Balaban J connectivity index is 1.15. The molecule has 2 aliphatic rings. The number of ether oxygens (including phenoxy) is 2. The highest BCUT2D eigenvalue weighted by molar-refractivity contribution is 7.13. The van der Waals surface area contributed by atoms with Gasteiger partial charge in [0.15, 0.2) is 11.5 Å². The number of hydrogen-bond acceptors (Lipinski definition) is 6. The summed E-state index contributed by atoms with van der Waals surface area (Å²) in [4.78, 5) is 9.91. The molecular weight excluding hydrogens is 382 g/mol. The Hall–Kier alpha value is -2.41. The standard InChI is InChI=1S/C23H25N3O2S/c1-17-4-2-3-5-20(17)23-24-19(15-29-23)14-26-10-8-25(9-11-26)13-18-6-7-21-22(12-18)28-16-27-21/h2-7,12,15H,8-11,13-14,16H2,1H3. The van der Waals surface area contributed by atoms with E-state index >= 15 is 0 Å². The molecule has 1 saturated heterocycles. The lowest BCUT2D eigenvalue weighted by molar-refractivity contribution is 0.121. The summed E-state index contributed by atoms with van der Waals surface area (Å²) < 4.78 is 10.9. The second-order valence-corrected chi connectivity index (χ2v) is 8.56. The van der Waals surface area contributed by atoms with Crippen LogP contribution in [0.4, 0.5) is 0 Å². The topological polar surface area (TPSA) is 37.8 Å². The van der Waals surface area contributed by atoms with Gasteiger partial charge in [-0.05, 0) is 30.2 Å². The van der Waals surface area contributed by atoms with E-state index in [4.69, 9.17) is 14.5 Å². The van der Waals surface area contributed by atoms with Crippen molar-refractivity contribution in [3.05, 3.63) is 64.7 Å². The Kier molecular flexibility index (Phi) is 5.23. The first-order valence-electron chi connectivity index (χ1n) is 10.1. The van der Waals surface area contributed by atoms with Gasteiger partial charge < -0.3 is 9.47 Å². The van der Waals surface area contributed by atoms with Crippen LogP contribution in [0.2, 0.25) is 0 Å². The Labute approximate surface area is 175 Å². The van der Waals surface area contributed by atoms with Crippen LogP contribution in [0.15, 0.2) is 47.8 Å². The van der Waals surface area contributed by atoms with Crippen molar-refractivity contribution in [1.82, 2.24) is 14.8 Å². The largest absolute Gasteiger partial charge is 0.454 e. The van der Waals surface area contributed by atoms with Crippen LogP contribution in [0.1, 0.15) is 16.8 Å². The zero-order valence-electron chi connectivity index (χ0n) is 16.6. The quantitative estimate of drug-likeness (QED) is 0.635. The molecule has 3 aromatic rings. The highest BCUT2D eigenvalue weighted by Crippen LogP contribution is 2.33. The van der Waals surface area contributed by atoms with E-state index in [1.807, 2.05) is 6.07 Å². The second-order valence-electron chi connectivity index (χ2n) is 7.70. The first-order valence-corrected chi connectivity index (χ1v) is 11.0. The SMILES string of the molecule is Cc1ccccc1-c1nc(CN2CCN(Cc3ccc4c(c3)OCO4)CC2)cs1. The third-order valence-corrected chi connectivity index (χ3v) is 6.55. The molecule has 2 aliphatic heterocycles. The molecule has 1 aromatic heterocycles. The number of nitrogens with zero attached hydrogens (tertiary/aromatic N) is 3. The van der Waals surface area contributed by atoms with Gasteiger partial charge in [0.2, 0.25) is 6.79 Å². The molecule has 0 N–H and O–H groups in total. The van der Waals surface area contributed by atoms with Crippen LogP contribution in [-0.2, 0) is 13.1 Å². The van der Waals surface area contributed by atoms with Crippen molar-refractivity contribution in [3.8, 4) is 22.1 Å². The van der Waals surface area contributed by atoms with E-state index in [9.17, 15) is 0 Å². The van der Waals surface area contributed by atoms with Gasteiger partial charge in [0, 0.05) is 50.2 Å². The molecule has 0 spiro atoms. The van der Waals surface area contributed by atoms with E-state index in [1.54, 1.807) is 11.3 Å². The molecule has 0 aliphatic carbocycles. The highest BCUT2D eigenvalue weighted by Gasteiger charge is 2.20. The summed E-state index contributed by atoms with van der Waals surface area (Å²) in [7, 11) is 0. The molecule has 0 saturated carbocycles. The number of fused-ring (bicyclic) bond motifs is 1. The normalized spacial score (nSPS) is 17.0. The van der Waals surface area contributed by atoms with E-state index in [-0.39, 0.29) is 0 Å². The van der Waals surface area contributed by atoms with Gasteiger partial charge in [-0.2, -0.15) is 0 Å². The number of piperazine rings is 1. The van der Waals surface area contributed by atoms with Crippen molar-refractivity contribution >= 4 is 11.3 Å². The van der Waals surface area contributed by atoms with Crippen molar-refractivity contribution in [3.63, 3.8) is 0 Å². The van der Waals surface area contributed by atoms with Crippen LogP contribution < -0.4 is 9.47 Å². The third-order valence-electron chi connectivity index (χ3n) is 5.62. The van der Waals surface area contributed by atoms with E-state index in [1.165, 1.54) is 22.4 Å². The highest BCUT2D eigenvalue weighted by atomic mass is 32.1. The summed E-state index contributed by atoms with van der Waals surface area (Å²) in [6, 6.07) is 14.7. The molecular formula is C23H25N3O2S. The summed E-state index contributed by atoms with van der Waals surface area (Å²) >= 11 is 1.75. The summed E-state index contributed by atoms with van der Waals surface area (Å²) in [5, 5.41) is 3.33. The molecule has 5 rings (SSSR count). The predicted octanol–water partition coefficient (Wildman–Crippen LogP) is 4.17. The van der Waals surface area contributed by atoms with Crippen LogP contribution in [0.25, 0.3) is 10.6 Å². The molecule has 29 heavy (non-hydrogen) atoms. The van der Waals surface area contributed by atoms with Crippen molar-refractivity contribution in [1.29, 1.82) is 0 Å². The molecule has 2 aromatic carbocycles. The maximum Gasteiger partial charge on any atom is 0.231 e. The van der Waals surface area contributed by atoms with Gasteiger partial charge >= 0.3 is 0 Å². The lowest BCUT2D eigenvalue weighted by Gasteiger charge is -2.34. The molecule has 0 radical (unpaired) electrons. The minimum atomic E-state index is 0.333. The Morgan fingerprint density at radius 3 is 2.52 bits per heavy atom. The Morgan fingerprint density at radius 1 is 0.931 bits per heavy atom. The average Bonchev–Trinajstić information content (AvgIpc) is 3.39. The van der Waals surface area contributed by atoms with Crippen LogP contribution >= 0.6 is 11.3 Å². The molecule has 150 valence electrons. The van der Waals surface area contributed by atoms with E-state index in [0.29, 0.717) is 6.79 Å². The number of benzene rings is 2. The number of rotatable bonds is 5. The first-order chi connectivity index (χ1) is 14.2. The molecule has 5 nitrogen and oxygen atoms in total. The first kappa shape index (κ1) is 18.6. The van der Waals surface area contributed by atoms with Crippen LogP contribution in [-0.4, -0.2) is 47.8 Å². The molecule has 1 fully saturated rings. The van der Waals surface area contributed by atoms with Crippen molar-refractivity contribution in [2.24, 2.45) is 0 Å². The molecule has 6 heteroatoms. The lowest BCUT2D eigenvalue weighted by Crippen LogP contribution is -2.45. The number of aromatic nitrogens is 1. The number of thiazole rings is 1. The molecule has 0 bridgehead atoms. The Morgan fingerprint density at radius 2 is 1.69 bits per heavy atom. The van der Waals surface area contributed by atoms with Crippen molar-refractivity contribution < 1.29 is 9.47 Å². The lowest BCUT2D eigenvalue weighted by atomic mass is 10.1. The molecule has 0 unspecified atom stereocenters. The average molecular weight is 408 g/mol. The minimum absolute atomic E-state index is 0.333. The van der Waals surface area contributed by atoms with Crippen LogP contribution in [0.3, 0.4) is 0 Å².